The van der Waals surface area contributed by atoms with Crippen LogP contribution in [0.2, 0.25) is 0 Å². The van der Waals surface area contributed by atoms with Crippen molar-refractivity contribution in [2.75, 3.05) is 26.2 Å². The van der Waals surface area contributed by atoms with Gasteiger partial charge in [0.15, 0.2) is 0 Å². The average molecular weight is 203 g/mol. The molecule has 0 aliphatic rings. The predicted molar refractivity (Wildman–Crippen MR) is 62.8 cm³/mol. The number of unbranched alkanes of at least 4 members (excludes halogenated alkanes) is 3. The summed E-state index contributed by atoms with van der Waals surface area (Å²) in [7, 11) is 0. The van der Waals surface area contributed by atoms with Crippen molar-refractivity contribution in [3.8, 4) is 0 Å². The summed E-state index contributed by atoms with van der Waals surface area (Å²) in [6.07, 6.45) is 5.61. The molecule has 0 fully saturated rings. The van der Waals surface area contributed by atoms with E-state index in [0.29, 0.717) is 0 Å². The van der Waals surface area contributed by atoms with Gasteiger partial charge in [-0.15, -0.1) is 0 Å². The van der Waals surface area contributed by atoms with E-state index >= 15 is 0 Å². The molecule has 0 saturated carbocycles. The highest BCUT2D eigenvalue weighted by atomic mass is 16.0. The molecule has 0 aliphatic carbocycles. The molecule has 14 heavy (non-hydrogen) atoms. The number of hydrogen-bond donors (Lipinski definition) is 0. The summed E-state index contributed by atoms with van der Waals surface area (Å²) in [4.78, 5) is 0. The Hall–Kier alpha value is -0.0800. The van der Waals surface area contributed by atoms with E-state index in [2.05, 4.69) is 27.7 Å². The molecule has 0 unspecified atom stereocenters. The molecule has 0 amide bonds. The van der Waals surface area contributed by atoms with E-state index in [4.69, 9.17) is 0 Å². The molecule has 0 aromatic heterocycles. The molecule has 0 aromatic rings. The van der Waals surface area contributed by atoms with Crippen LogP contribution in [0.4, 0.5) is 0 Å². The highest BCUT2D eigenvalue weighted by Gasteiger charge is 2.19. The number of quaternary nitrogens is 1. The summed E-state index contributed by atoms with van der Waals surface area (Å²) in [5.74, 6) is 0. The smallest absolute Gasteiger partial charge is 0.0786 e. The third kappa shape index (κ3) is 5.61. The highest BCUT2D eigenvalue weighted by molar-refractivity contribution is 4.43. The number of rotatable bonds is 8. The molecule has 0 aromatic carbocycles. The zero-order valence-electron chi connectivity index (χ0n) is 10.6. The molecule has 2 nitrogen and oxygen atoms in total. The maximum absolute atomic E-state index is 2.33. The topological polar surface area (TPSA) is 30.0 Å². The van der Waals surface area contributed by atoms with Crippen LogP contribution in [0, 0.1) is 0 Å². The van der Waals surface area contributed by atoms with Crippen molar-refractivity contribution in [2.45, 2.75) is 53.4 Å². The standard InChI is InChI=1S/C12H28N.H2O/c1-5-9-10-11-12-13(6-2,7-3)8-4;/h5-12H2,1-4H3;1H2/q+1;/p-1. The van der Waals surface area contributed by atoms with Crippen molar-refractivity contribution in [3.63, 3.8) is 0 Å². The minimum absolute atomic E-state index is 0. The Morgan fingerprint density at radius 1 is 0.714 bits per heavy atom. The second kappa shape index (κ2) is 9.47. The minimum atomic E-state index is 0. The lowest BCUT2D eigenvalue weighted by molar-refractivity contribution is -0.923. The number of nitrogens with zero attached hydrogens (tertiary/aromatic N) is 1. The molecule has 88 valence electrons. The number of hydrogen-bond acceptors (Lipinski definition) is 1. The second-order valence-electron chi connectivity index (χ2n) is 4.07. The van der Waals surface area contributed by atoms with Gasteiger partial charge >= 0.3 is 0 Å². The van der Waals surface area contributed by atoms with E-state index < -0.39 is 0 Å². The average Bonchev–Trinajstić information content (AvgIpc) is 2.20. The van der Waals surface area contributed by atoms with Gasteiger partial charge in [0.05, 0.1) is 26.2 Å². The molecule has 0 spiro atoms. The SMILES string of the molecule is CCCCCC[N+](CC)(CC)CC.[OH-]. The van der Waals surface area contributed by atoms with E-state index in [9.17, 15) is 0 Å². The lowest BCUT2D eigenvalue weighted by Crippen LogP contribution is -2.48. The molecule has 1 N–H and O–H groups in total. The lowest BCUT2D eigenvalue weighted by atomic mass is 10.2. The van der Waals surface area contributed by atoms with E-state index in [1.54, 1.807) is 0 Å². The predicted octanol–water partition coefficient (Wildman–Crippen LogP) is 3.27. The third-order valence-electron chi connectivity index (χ3n) is 3.50. The lowest BCUT2D eigenvalue weighted by Gasteiger charge is -2.35. The van der Waals surface area contributed by atoms with E-state index in [0.717, 1.165) is 0 Å². The van der Waals surface area contributed by atoms with Crippen LogP contribution >= 0.6 is 0 Å². The van der Waals surface area contributed by atoms with Crippen LogP contribution in [0.1, 0.15) is 53.4 Å². The first-order valence-corrected chi connectivity index (χ1v) is 6.09. The Kier molecular flexibility index (Phi) is 11.1. The van der Waals surface area contributed by atoms with Gasteiger partial charge in [-0.05, 0) is 33.6 Å². The molecular formula is C12H29NO. The molecule has 2 heteroatoms. The highest BCUT2D eigenvalue weighted by Crippen LogP contribution is 2.10. The maximum Gasteiger partial charge on any atom is 0.0786 e. The second-order valence-corrected chi connectivity index (χ2v) is 4.07. The first-order chi connectivity index (χ1) is 6.24. The van der Waals surface area contributed by atoms with Crippen LogP contribution in [-0.2, 0) is 0 Å². The van der Waals surface area contributed by atoms with Crippen molar-refractivity contribution >= 4 is 0 Å². The summed E-state index contributed by atoms with van der Waals surface area (Å²) in [5, 5.41) is 0. The van der Waals surface area contributed by atoms with E-state index in [1.807, 2.05) is 0 Å². The van der Waals surface area contributed by atoms with Gasteiger partial charge in [0.25, 0.3) is 0 Å². The molecule has 0 saturated heterocycles. The zero-order valence-corrected chi connectivity index (χ0v) is 10.6. The quantitative estimate of drug-likeness (QED) is 0.440. The molecule has 0 rings (SSSR count). The summed E-state index contributed by atoms with van der Waals surface area (Å²) < 4.78 is 1.32. The summed E-state index contributed by atoms with van der Waals surface area (Å²) >= 11 is 0. The van der Waals surface area contributed by atoms with Gasteiger partial charge in [0, 0.05) is 0 Å². The van der Waals surface area contributed by atoms with Crippen LogP contribution < -0.4 is 0 Å². The van der Waals surface area contributed by atoms with Crippen molar-refractivity contribution in [2.24, 2.45) is 0 Å². The van der Waals surface area contributed by atoms with Crippen LogP contribution in [-0.4, -0.2) is 36.1 Å². The summed E-state index contributed by atoms with van der Waals surface area (Å²) in [6, 6.07) is 0. The van der Waals surface area contributed by atoms with Gasteiger partial charge in [0.1, 0.15) is 0 Å². The monoisotopic (exact) mass is 203 g/mol. The Labute approximate surface area is 90.2 Å². The Morgan fingerprint density at radius 2 is 1.21 bits per heavy atom. The largest absolute Gasteiger partial charge is 0.870 e. The fourth-order valence-corrected chi connectivity index (χ4v) is 2.02. The van der Waals surface area contributed by atoms with Crippen molar-refractivity contribution in [3.05, 3.63) is 0 Å². The molecule has 0 radical (unpaired) electrons. The Bertz CT molecular complexity index is 103. The third-order valence-corrected chi connectivity index (χ3v) is 3.50. The first kappa shape index (κ1) is 16.4. The Balaban J connectivity index is 0. The van der Waals surface area contributed by atoms with Gasteiger partial charge in [-0.3, -0.25) is 0 Å². The summed E-state index contributed by atoms with van der Waals surface area (Å²) in [6.45, 7) is 14.6. The normalized spacial score (nSPS) is 11.1. The van der Waals surface area contributed by atoms with E-state index in [1.165, 1.54) is 56.3 Å². The van der Waals surface area contributed by atoms with Crippen LogP contribution in [0.5, 0.6) is 0 Å². The van der Waals surface area contributed by atoms with Crippen LogP contribution in [0.15, 0.2) is 0 Å². The minimum Gasteiger partial charge on any atom is -0.870 e. The van der Waals surface area contributed by atoms with Gasteiger partial charge in [0.2, 0.25) is 0 Å². The maximum atomic E-state index is 2.33. The van der Waals surface area contributed by atoms with Gasteiger partial charge in [-0.1, -0.05) is 19.8 Å². The van der Waals surface area contributed by atoms with Crippen LogP contribution in [0.3, 0.4) is 0 Å². The fourth-order valence-electron chi connectivity index (χ4n) is 2.02. The Morgan fingerprint density at radius 3 is 1.57 bits per heavy atom. The van der Waals surface area contributed by atoms with Crippen molar-refractivity contribution in [1.29, 1.82) is 0 Å². The molecule has 0 atom stereocenters. The molecule has 0 heterocycles. The van der Waals surface area contributed by atoms with Gasteiger partial charge < -0.3 is 9.96 Å². The fraction of sp³-hybridized carbons (Fsp3) is 1.00. The van der Waals surface area contributed by atoms with Crippen LogP contribution in [0.25, 0.3) is 0 Å². The summed E-state index contributed by atoms with van der Waals surface area (Å²) in [5.41, 5.74) is 0. The van der Waals surface area contributed by atoms with Crippen molar-refractivity contribution < 1.29 is 9.96 Å². The van der Waals surface area contributed by atoms with Gasteiger partial charge in [-0.25, -0.2) is 0 Å². The molecule has 0 bridgehead atoms. The van der Waals surface area contributed by atoms with E-state index in [-0.39, 0.29) is 5.48 Å². The van der Waals surface area contributed by atoms with Gasteiger partial charge in [-0.2, -0.15) is 0 Å². The first-order valence-electron chi connectivity index (χ1n) is 6.09. The van der Waals surface area contributed by atoms with Crippen molar-refractivity contribution in [1.82, 2.24) is 0 Å². The molecule has 0 aliphatic heterocycles. The zero-order chi connectivity index (χ0) is 10.2. The molecular weight excluding hydrogens is 174 g/mol.